The summed E-state index contributed by atoms with van der Waals surface area (Å²) in [4.78, 5) is 15.0. The normalized spacial score (nSPS) is 13.9. The number of carbonyl (C=O) groups is 1. The Bertz CT molecular complexity index is 573. The predicted octanol–water partition coefficient (Wildman–Crippen LogP) is 5.38. The van der Waals surface area contributed by atoms with Crippen LogP contribution in [0.2, 0.25) is 0 Å². The number of benzene rings is 1. The van der Waals surface area contributed by atoms with E-state index in [1.807, 2.05) is 18.7 Å². The van der Waals surface area contributed by atoms with E-state index in [0.29, 0.717) is 0 Å². The van der Waals surface area contributed by atoms with E-state index in [9.17, 15) is 4.79 Å². The fourth-order valence-corrected chi connectivity index (χ4v) is 3.23. The molecule has 0 unspecified atom stereocenters. The highest BCUT2D eigenvalue weighted by Crippen LogP contribution is 2.16. The first-order chi connectivity index (χ1) is 15.0. The van der Waals surface area contributed by atoms with Gasteiger partial charge in [0.15, 0.2) is 0 Å². The minimum Gasteiger partial charge on any atom is -0.342 e. The van der Waals surface area contributed by atoms with Gasteiger partial charge in [-0.15, -0.1) is 0 Å². The molecule has 2 N–H and O–H groups in total. The SMILES string of the molecule is CC.CC#N.CCCCCC.CN1CCc2ccccc2C1.NCC(=O)N1CCCC1. The van der Waals surface area contributed by atoms with Crippen molar-refractivity contribution in [2.45, 2.75) is 86.1 Å². The maximum Gasteiger partial charge on any atom is 0.236 e. The van der Waals surface area contributed by atoms with Crippen molar-refractivity contribution >= 4 is 5.91 Å². The zero-order chi connectivity index (χ0) is 23.9. The number of likely N-dealkylation sites (tertiary alicyclic amines) is 1. The lowest BCUT2D eigenvalue weighted by Crippen LogP contribution is -2.33. The number of nitriles is 1. The number of likely N-dealkylation sites (N-methyl/N-ethyl adjacent to an activating group) is 1. The van der Waals surface area contributed by atoms with E-state index in [1.165, 1.54) is 56.7 Å². The zero-order valence-corrected chi connectivity index (χ0v) is 21.1. The molecule has 0 aliphatic carbocycles. The van der Waals surface area contributed by atoms with Crippen molar-refractivity contribution < 1.29 is 4.79 Å². The van der Waals surface area contributed by atoms with E-state index in [-0.39, 0.29) is 12.5 Å². The third-order valence-corrected chi connectivity index (χ3v) is 4.91. The maximum absolute atomic E-state index is 10.8. The largest absolute Gasteiger partial charge is 0.342 e. The van der Waals surface area contributed by atoms with Gasteiger partial charge >= 0.3 is 0 Å². The number of amides is 1. The van der Waals surface area contributed by atoms with Gasteiger partial charge in [0.2, 0.25) is 5.91 Å². The van der Waals surface area contributed by atoms with Gasteiger partial charge in [0.25, 0.3) is 0 Å². The van der Waals surface area contributed by atoms with Crippen LogP contribution in [0.5, 0.6) is 0 Å². The highest BCUT2D eigenvalue weighted by atomic mass is 16.2. The van der Waals surface area contributed by atoms with E-state index in [0.717, 1.165) is 32.5 Å². The summed E-state index contributed by atoms with van der Waals surface area (Å²) >= 11 is 0. The van der Waals surface area contributed by atoms with Gasteiger partial charge in [-0.1, -0.05) is 77.6 Å². The molecule has 0 aromatic heterocycles. The summed E-state index contributed by atoms with van der Waals surface area (Å²) in [7, 11) is 2.18. The van der Waals surface area contributed by atoms with Gasteiger partial charge in [0, 0.05) is 33.1 Å². The Hall–Kier alpha value is -1.90. The van der Waals surface area contributed by atoms with Gasteiger partial charge in [0.1, 0.15) is 0 Å². The summed E-state index contributed by atoms with van der Waals surface area (Å²) in [6.07, 6.45) is 9.04. The lowest BCUT2D eigenvalue weighted by molar-refractivity contribution is -0.128. The topological polar surface area (TPSA) is 73.4 Å². The van der Waals surface area contributed by atoms with Gasteiger partial charge in [-0.2, -0.15) is 5.26 Å². The molecule has 0 saturated carbocycles. The molecule has 3 rings (SSSR count). The fraction of sp³-hybridized carbons (Fsp3) is 0.692. The summed E-state index contributed by atoms with van der Waals surface area (Å²) in [6.45, 7) is 14.2. The third kappa shape index (κ3) is 16.5. The van der Waals surface area contributed by atoms with Crippen molar-refractivity contribution in [1.29, 1.82) is 5.26 Å². The Labute approximate surface area is 192 Å². The van der Waals surface area contributed by atoms with Crippen LogP contribution in [0.1, 0.15) is 84.3 Å². The van der Waals surface area contributed by atoms with Crippen molar-refractivity contribution in [3.8, 4) is 6.07 Å². The molecule has 2 aliphatic heterocycles. The standard InChI is InChI=1S/C10H13N.C6H12N2O.C6H14.C2H3N.C2H6/c1-11-7-6-9-4-2-3-5-10(9)8-11;7-5-6(9)8-3-1-2-4-8;1-3-5-6-4-2;1-2-3;1-2/h2-5H,6-8H2,1H3;1-5,7H2;3-6H2,1-2H3;1H3;1-2H3. The minimum absolute atomic E-state index is 0.0903. The highest BCUT2D eigenvalue weighted by Gasteiger charge is 2.15. The summed E-state index contributed by atoms with van der Waals surface area (Å²) in [5.41, 5.74) is 8.19. The summed E-state index contributed by atoms with van der Waals surface area (Å²) in [6, 6.07) is 10.5. The van der Waals surface area contributed by atoms with Crippen LogP contribution in [0.3, 0.4) is 0 Å². The van der Waals surface area contributed by atoms with Crippen LogP contribution in [0.25, 0.3) is 0 Å². The van der Waals surface area contributed by atoms with Crippen molar-refractivity contribution in [3.63, 3.8) is 0 Å². The van der Waals surface area contributed by atoms with Crippen LogP contribution in [0.4, 0.5) is 0 Å². The first-order valence-corrected chi connectivity index (χ1v) is 12.1. The second kappa shape index (κ2) is 22.8. The Morgan fingerprint density at radius 3 is 1.97 bits per heavy atom. The van der Waals surface area contributed by atoms with Gasteiger partial charge in [-0.25, -0.2) is 0 Å². The number of hydrogen-bond acceptors (Lipinski definition) is 4. The molecule has 0 bridgehead atoms. The van der Waals surface area contributed by atoms with Crippen LogP contribution in [-0.2, 0) is 17.8 Å². The molecule has 5 nitrogen and oxygen atoms in total. The highest BCUT2D eigenvalue weighted by molar-refractivity contribution is 5.78. The van der Waals surface area contributed by atoms with E-state index in [4.69, 9.17) is 11.0 Å². The quantitative estimate of drug-likeness (QED) is 0.648. The summed E-state index contributed by atoms with van der Waals surface area (Å²) < 4.78 is 0. The molecule has 0 atom stereocenters. The molecule has 0 radical (unpaired) electrons. The third-order valence-electron chi connectivity index (χ3n) is 4.91. The van der Waals surface area contributed by atoms with Gasteiger partial charge < -0.3 is 15.5 Å². The monoisotopic (exact) mass is 432 g/mol. The molecule has 178 valence electrons. The summed E-state index contributed by atoms with van der Waals surface area (Å²) in [5, 5.41) is 7.32. The van der Waals surface area contributed by atoms with Crippen molar-refractivity contribution in [2.75, 3.05) is 33.2 Å². The van der Waals surface area contributed by atoms with Crippen LogP contribution in [0, 0.1) is 11.3 Å². The number of carbonyl (C=O) groups excluding carboxylic acids is 1. The second-order valence-electron chi connectivity index (χ2n) is 7.48. The zero-order valence-electron chi connectivity index (χ0n) is 21.1. The Morgan fingerprint density at radius 2 is 1.52 bits per heavy atom. The molecule has 2 heterocycles. The van der Waals surface area contributed by atoms with Crippen LogP contribution in [-0.4, -0.2) is 48.9 Å². The van der Waals surface area contributed by atoms with E-state index >= 15 is 0 Å². The van der Waals surface area contributed by atoms with Crippen molar-refractivity contribution in [2.24, 2.45) is 5.73 Å². The molecule has 1 saturated heterocycles. The smallest absolute Gasteiger partial charge is 0.236 e. The molecular weight excluding hydrogens is 384 g/mol. The molecule has 5 heteroatoms. The first kappa shape index (κ1) is 31.3. The number of rotatable bonds is 4. The first-order valence-electron chi connectivity index (χ1n) is 12.1. The average molecular weight is 433 g/mol. The molecule has 0 spiro atoms. The van der Waals surface area contributed by atoms with Gasteiger partial charge in [0.05, 0.1) is 12.6 Å². The Morgan fingerprint density at radius 1 is 1.03 bits per heavy atom. The number of nitrogens with two attached hydrogens (primary N) is 1. The van der Waals surface area contributed by atoms with E-state index in [2.05, 4.69) is 50.1 Å². The second-order valence-corrected chi connectivity index (χ2v) is 7.48. The van der Waals surface area contributed by atoms with E-state index in [1.54, 1.807) is 6.07 Å². The molecule has 2 aliphatic rings. The van der Waals surface area contributed by atoms with Crippen LogP contribution in [0.15, 0.2) is 24.3 Å². The predicted molar refractivity (Wildman–Crippen MR) is 134 cm³/mol. The molecular formula is C26H48N4O. The molecule has 1 aromatic rings. The maximum atomic E-state index is 10.8. The van der Waals surface area contributed by atoms with Crippen molar-refractivity contribution in [3.05, 3.63) is 35.4 Å². The van der Waals surface area contributed by atoms with Crippen LogP contribution < -0.4 is 5.73 Å². The lowest BCUT2D eigenvalue weighted by Gasteiger charge is -2.24. The fourth-order valence-electron chi connectivity index (χ4n) is 3.23. The molecule has 31 heavy (non-hydrogen) atoms. The number of fused-ring (bicyclic) bond motifs is 1. The number of unbranched alkanes of at least 4 members (excludes halogenated alkanes) is 3. The average Bonchev–Trinajstić information content (AvgIpc) is 3.35. The van der Waals surface area contributed by atoms with Crippen molar-refractivity contribution in [1.82, 2.24) is 9.80 Å². The van der Waals surface area contributed by atoms with Crippen LogP contribution >= 0.6 is 0 Å². The minimum atomic E-state index is 0.0903. The Balaban J connectivity index is 0. The van der Waals surface area contributed by atoms with E-state index < -0.39 is 0 Å². The number of hydrogen-bond donors (Lipinski definition) is 1. The molecule has 1 amide bonds. The Kier molecular flexibility index (Phi) is 23.0. The lowest BCUT2D eigenvalue weighted by atomic mass is 10.0. The summed E-state index contributed by atoms with van der Waals surface area (Å²) in [5.74, 6) is 0.0903. The molecule has 1 aromatic carbocycles. The van der Waals surface area contributed by atoms with Gasteiger partial charge in [-0.3, -0.25) is 4.79 Å². The molecule has 1 fully saturated rings. The van der Waals surface area contributed by atoms with Gasteiger partial charge in [-0.05, 0) is 37.4 Å². The number of nitrogens with zero attached hydrogens (tertiary/aromatic N) is 3.